The van der Waals surface area contributed by atoms with Crippen molar-refractivity contribution >= 4 is 46.3 Å². The Balaban J connectivity index is 1.70. The maximum atomic E-state index is 6.16. The molecule has 8 aromatic rings. The van der Waals surface area contributed by atoms with Crippen LogP contribution in [0.5, 0.6) is 0 Å². The third-order valence-corrected chi connectivity index (χ3v) is 12.4. The smallest absolute Gasteiger partial charge is 0.373 e. The van der Waals surface area contributed by atoms with E-state index in [1.54, 1.807) is 21.3 Å². The molecule has 0 heterocycles. The Kier molecular flexibility index (Phi) is 8.16. The van der Waals surface area contributed by atoms with Gasteiger partial charge in [-0.05, 0) is 82.9 Å². The van der Waals surface area contributed by atoms with Gasteiger partial charge in [0.05, 0.1) is 0 Å². The molecule has 3 nitrogen and oxygen atoms in total. The van der Waals surface area contributed by atoms with Crippen LogP contribution < -0.4 is 5.19 Å². The summed E-state index contributed by atoms with van der Waals surface area (Å²) in [7, 11) is 1.75. The van der Waals surface area contributed by atoms with Crippen molar-refractivity contribution in [2.75, 3.05) is 21.3 Å². The minimum atomic E-state index is -3.29. The Labute approximate surface area is 288 Å². The molecule has 0 aromatic heterocycles. The molecule has 238 valence electrons. The van der Waals surface area contributed by atoms with E-state index in [-0.39, 0.29) is 0 Å². The molecule has 0 saturated heterocycles. The summed E-state index contributed by atoms with van der Waals surface area (Å²) in [5, 5.41) is 8.05. The summed E-state index contributed by atoms with van der Waals surface area (Å²) >= 11 is 0. The lowest BCUT2D eigenvalue weighted by Crippen LogP contribution is -2.55. The molecule has 0 atom stereocenters. The predicted molar refractivity (Wildman–Crippen MR) is 207 cm³/mol. The molecule has 0 fully saturated rings. The summed E-state index contributed by atoms with van der Waals surface area (Å²) in [6.45, 7) is 0. The van der Waals surface area contributed by atoms with Gasteiger partial charge in [-0.3, -0.25) is 0 Å². The van der Waals surface area contributed by atoms with Crippen LogP contribution in [0.4, 0.5) is 0 Å². The van der Waals surface area contributed by atoms with Crippen LogP contribution in [-0.4, -0.2) is 30.1 Å². The number of rotatable bonds is 8. The van der Waals surface area contributed by atoms with E-state index in [2.05, 4.69) is 164 Å². The van der Waals surface area contributed by atoms with E-state index >= 15 is 0 Å². The molecule has 0 radical (unpaired) electrons. The highest BCUT2D eigenvalue weighted by Crippen LogP contribution is 2.50. The van der Waals surface area contributed by atoms with E-state index < -0.39 is 8.80 Å². The minimum Gasteiger partial charge on any atom is -0.373 e. The third-order valence-electron chi connectivity index (χ3n) is 9.69. The second-order valence-electron chi connectivity index (χ2n) is 12.2. The number of hydrogen-bond donors (Lipinski definition) is 0. The molecule has 0 unspecified atom stereocenters. The first-order chi connectivity index (χ1) is 24.2. The van der Waals surface area contributed by atoms with E-state index in [0.717, 1.165) is 32.6 Å². The average molecular weight is 653 g/mol. The van der Waals surface area contributed by atoms with Gasteiger partial charge in [0.2, 0.25) is 0 Å². The summed E-state index contributed by atoms with van der Waals surface area (Å²) in [6.07, 6.45) is 0. The molecular weight excluding hydrogens is 617 g/mol. The number of benzene rings is 8. The zero-order chi connectivity index (χ0) is 33.4. The first-order valence-electron chi connectivity index (χ1n) is 16.5. The van der Waals surface area contributed by atoms with Gasteiger partial charge in [-0.1, -0.05) is 158 Å². The van der Waals surface area contributed by atoms with Crippen LogP contribution >= 0.6 is 0 Å². The molecule has 0 saturated carbocycles. The molecule has 0 spiro atoms. The lowest BCUT2D eigenvalue weighted by atomic mass is 9.80. The molecular formula is C45H36O3Si. The molecule has 0 bridgehead atoms. The summed E-state index contributed by atoms with van der Waals surface area (Å²) in [5.74, 6) is 0. The molecule has 8 aromatic carbocycles. The van der Waals surface area contributed by atoms with Crippen LogP contribution in [-0.2, 0) is 13.3 Å². The zero-order valence-corrected chi connectivity index (χ0v) is 28.8. The lowest BCUT2D eigenvalue weighted by molar-refractivity contribution is 0.140. The number of fused-ring (bicyclic) bond motifs is 3. The van der Waals surface area contributed by atoms with Crippen LogP contribution in [0.3, 0.4) is 0 Å². The molecule has 0 aliphatic rings. The van der Waals surface area contributed by atoms with Crippen LogP contribution in [0.2, 0.25) is 0 Å². The lowest BCUT2D eigenvalue weighted by Gasteiger charge is -2.29. The van der Waals surface area contributed by atoms with E-state index in [1.165, 1.54) is 49.4 Å². The molecule has 0 aliphatic heterocycles. The Morgan fingerprint density at radius 1 is 0.327 bits per heavy atom. The van der Waals surface area contributed by atoms with Crippen molar-refractivity contribution in [1.29, 1.82) is 0 Å². The quantitative estimate of drug-likeness (QED) is 0.121. The van der Waals surface area contributed by atoms with Crippen molar-refractivity contribution < 1.29 is 13.3 Å². The fraction of sp³-hybridized carbons (Fsp3) is 0.0667. The van der Waals surface area contributed by atoms with Crippen molar-refractivity contribution in [3.63, 3.8) is 0 Å². The normalized spacial score (nSPS) is 11.8. The van der Waals surface area contributed by atoms with Crippen LogP contribution in [0.15, 0.2) is 164 Å². The van der Waals surface area contributed by atoms with Gasteiger partial charge in [0.1, 0.15) is 0 Å². The Morgan fingerprint density at radius 2 is 0.694 bits per heavy atom. The molecule has 0 amide bonds. The van der Waals surface area contributed by atoms with Crippen molar-refractivity contribution in [1.82, 2.24) is 0 Å². The van der Waals surface area contributed by atoms with Crippen LogP contribution in [0, 0.1) is 0 Å². The first-order valence-corrected chi connectivity index (χ1v) is 18.3. The summed E-state index contributed by atoms with van der Waals surface area (Å²) < 4.78 is 18.5. The van der Waals surface area contributed by atoms with Gasteiger partial charge in [-0.15, -0.1) is 0 Å². The van der Waals surface area contributed by atoms with Gasteiger partial charge in [-0.25, -0.2) is 0 Å². The summed E-state index contributed by atoms with van der Waals surface area (Å²) in [4.78, 5) is 0. The fourth-order valence-electron chi connectivity index (χ4n) is 7.61. The van der Waals surface area contributed by atoms with Gasteiger partial charge in [0.25, 0.3) is 0 Å². The van der Waals surface area contributed by atoms with Gasteiger partial charge in [0.15, 0.2) is 0 Å². The van der Waals surface area contributed by atoms with Gasteiger partial charge >= 0.3 is 8.80 Å². The van der Waals surface area contributed by atoms with E-state index in [1.807, 2.05) is 0 Å². The van der Waals surface area contributed by atoms with E-state index in [4.69, 9.17) is 13.3 Å². The first kappa shape index (κ1) is 30.9. The second-order valence-corrected chi connectivity index (χ2v) is 15.1. The summed E-state index contributed by atoms with van der Waals surface area (Å²) in [5.41, 5.74) is 9.29. The SMILES string of the molecule is CO[Si](OC)(OC)c1ccc2c(-c3ccccc3)c3c(-c4ccccc4)c4ccccc4c(-c4ccccc4)c3cc2c1-c1ccccc1. The maximum Gasteiger partial charge on any atom is 0.537 e. The second kappa shape index (κ2) is 12.9. The van der Waals surface area contributed by atoms with Gasteiger partial charge in [-0.2, -0.15) is 0 Å². The van der Waals surface area contributed by atoms with E-state index in [0.29, 0.717) is 0 Å². The summed E-state index contributed by atoms with van der Waals surface area (Å²) in [6, 6.07) is 58.6. The largest absolute Gasteiger partial charge is 0.537 e. The molecule has 4 heteroatoms. The Hall–Kier alpha value is -5.36. The average Bonchev–Trinajstić information content (AvgIpc) is 3.18. The van der Waals surface area contributed by atoms with Crippen LogP contribution in [0.25, 0.3) is 76.8 Å². The maximum absolute atomic E-state index is 6.16. The molecule has 49 heavy (non-hydrogen) atoms. The predicted octanol–water partition coefficient (Wildman–Crippen LogP) is 10.9. The highest BCUT2D eigenvalue weighted by Gasteiger charge is 2.43. The standard InChI is InChI=1S/C45H36O3Si/c1-46-49(47-2,48-3)40-29-28-37-38(42(40)32-20-10-5-11-21-32)30-39-41(31-18-8-4-9-19-31)35-26-16-17-27-36(35)43(33-22-12-6-13-23-33)45(39)44(37)34-24-14-7-15-25-34/h4-30H,1-3H3. The molecule has 8 rings (SSSR count). The van der Waals surface area contributed by atoms with Crippen molar-refractivity contribution in [3.8, 4) is 44.5 Å². The van der Waals surface area contributed by atoms with E-state index in [9.17, 15) is 0 Å². The number of hydrogen-bond acceptors (Lipinski definition) is 3. The topological polar surface area (TPSA) is 27.7 Å². The van der Waals surface area contributed by atoms with Crippen LogP contribution in [0.1, 0.15) is 0 Å². The highest BCUT2D eigenvalue weighted by atomic mass is 28.4. The van der Waals surface area contributed by atoms with Crippen molar-refractivity contribution in [2.24, 2.45) is 0 Å². The van der Waals surface area contributed by atoms with Gasteiger partial charge < -0.3 is 13.3 Å². The Bertz CT molecular complexity index is 2410. The zero-order valence-electron chi connectivity index (χ0n) is 27.8. The highest BCUT2D eigenvalue weighted by molar-refractivity contribution is 6.77. The third kappa shape index (κ3) is 5.09. The monoisotopic (exact) mass is 652 g/mol. The fourth-order valence-corrected chi connectivity index (χ4v) is 9.64. The van der Waals surface area contributed by atoms with Crippen molar-refractivity contribution in [3.05, 3.63) is 164 Å². The minimum absolute atomic E-state index is 0.933. The Morgan fingerprint density at radius 3 is 1.14 bits per heavy atom. The molecule has 0 aliphatic carbocycles. The van der Waals surface area contributed by atoms with Gasteiger partial charge in [0, 0.05) is 26.5 Å². The molecule has 0 N–H and O–H groups in total. The van der Waals surface area contributed by atoms with Crippen molar-refractivity contribution in [2.45, 2.75) is 0 Å².